The highest BCUT2D eigenvalue weighted by Gasteiger charge is 2.69. The number of carbonyl (C=O) groups excluding carboxylic acids is 2. The van der Waals surface area contributed by atoms with E-state index in [-0.39, 0.29) is 23.0 Å². The first kappa shape index (κ1) is 28.7. The maximum Gasteiger partial charge on any atom is 0.333 e. The molecule has 2 N–H and O–H groups in total. The van der Waals surface area contributed by atoms with Gasteiger partial charge in [0.25, 0.3) is 10.1 Å². The van der Waals surface area contributed by atoms with Crippen LogP contribution < -0.4 is 0 Å². The zero-order valence-electron chi connectivity index (χ0n) is 22.6. The largest absolute Gasteiger partial charge is 0.481 e. The Morgan fingerprint density at radius 1 is 1.11 bits per heavy atom. The van der Waals surface area contributed by atoms with Gasteiger partial charge in [-0.25, -0.2) is 4.79 Å². The van der Waals surface area contributed by atoms with Gasteiger partial charge in [0, 0.05) is 24.2 Å². The summed E-state index contributed by atoms with van der Waals surface area (Å²) in [7, 11) is -4.23. The van der Waals surface area contributed by atoms with E-state index < -0.39 is 69.0 Å². The van der Waals surface area contributed by atoms with Crippen LogP contribution in [0.15, 0.2) is 29.2 Å². The smallest absolute Gasteiger partial charge is 0.333 e. The first-order chi connectivity index (χ1) is 17.6. The van der Waals surface area contributed by atoms with E-state index >= 15 is 0 Å². The molecule has 3 aliphatic carbocycles. The van der Waals surface area contributed by atoms with E-state index in [4.69, 9.17) is 8.92 Å². The highest BCUT2D eigenvalue weighted by atomic mass is 32.2. The molecule has 3 saturated carbocycles. The number of esters is 1. The van der Waals surface area contributed by atoms with Crippen LogP contribution in [0.5, 0.6) is 0 Å². The van der Waals surface area contributed by atoms with Crippen molar-refractivity contribution in [1.82, 2.24) is 0 Å². The second-order valence-corrected chi connectivity index (χ2v) is 13.7. The molecule has 4 rings (SSSR count). The number of ether oxygens (including phenoxy) is 1. The van der Waals surface area contributed by atoms with Crippen LogP contribution in [0.25, 0.3) is 0 Å². The van der Waals surface area contributed by atoms with Crippen molar-refractivity contribution in [2.75, 3.05) is 6.61 Å². The molecule has 38 heavy (non-hydrogen) atoms. The summed E-state index contributed by atoms with van der Waals surface area (Å²) < 4.78 is 36.1. The van der Waals surface area contributed by atoms with Gasteiger partial charge in [-0.2, -0.15) is 8.42 Å². The van der Waals surface area contributed by atoms with Crippen LogP contribution in [-0.2, 0) is 33.4 Å². The van der Waals surface area contributed by atoms with Gasteiger partial charge in [-0.05, 0) is 62.5 Å². The molecule has 0 aromatic heterocycles. The van der Waals surface area contributed by atoms with Crippen molar-refractivity contribution in [3.63, 3.8) is 0 Å². The molecule has 1 unspecified atom stereocenters. The number of carboxylic acids is 1. The third-order valence-corrected chi connectivity index (χ3v) is 11.5. The van der Waals surface area contributed by atoms with Crippen LogP contribution in [0.1, 0.15) is 65.4 Å². The first-order valence-corrected chi connectivity index (χ1v) is 14.6. The van der Waals surface area contributed by atoms with Gasteiger partial charge in [-0.15, -0.1) is 0 Å². The molecule has 9 nitrogen and oxygen atoms in total. The fourth-order valence-electron chi connectivity index (χ4n) is 7.57. The van der Waals surface area contributed by atoms with E-state index in [9.17, 15) is 33.0 Å². The zero-order valence-corrected chi connectivity index (χ0v) is 23.4. The van der Waals surface area contributed by atoms with E-state index in [1.165, 1.54) is 19.1 Å². The molecule has 10 heteroatoms. The molecular formula is C28H38O9S. The summed E-state index contributed by atoms with van der Waals surface area (Å²) in [5, 5.41) is 21.7. The van der Waals surface area contributed by atoms with Crippen LogP contribution in [0.2, 0.25) is 0 Å². The predicted octanol–water partition coefficient (Wildman–Crippen LogP) is 3.51. The number of hydrogen-bond acceptors (Lipinski definition) is 8. The minimum Gasteiger partial charge on any atom is -0.481 e. The van der Waals surface area contributed by atoms with E-state index in [0.29, 0.717) is 19.3 Å². The second kappa shape index (κ2) is 9.71. The molecule has 1 aromatic rings. The lowest BCUT2D eigenvalue weighted by molar-refractivity contribution is -0.217. The summed E-state index contributed by atoms with van der Waals surface area (Å²) >= 11 is 0. The molecule has 0 amide bonds. The summed E-state index contributed by atoms with van der Waals surface area (Å²) in [5.74, 6) is -3.21. The quantitative estimate of drug-likeness (QED) is 0.401. The van der Waals surface area contributed by atoms with E-state index in [2.05, 4.69) is 0 Å². The third kappa shape index (κ3) is 4.38. The predicted molar refractivity (Wildman–Crippen MR) is 136 cm³/mol. The number of aliphatic hydroxyl groups is 1. The van der Waals surface area contributed by atoms with E-state index in [1.807, 2.05) is 27.7 Å². The molecule has 0 saturated heterocycles. The molecule has 0 radical (unpaired) electrons. The van der Waals surface area contributed by atoms with Gasteiger partial charge in [-0.1, -0.05) is 38.5 Å². The van der Waals surface area contributed by atoms with Crippen molar-refractivity contribution in [2.45, 2.75) is 83.8 Å². The Hall–Kier alpha value is -2.30. The summed E-state index contributed by atoms with van der Waals surface area (Å²) in [5.41, 5.74) is -2.30. The normalized spacial score (nSPS) is 39.1. The lowest BCUT2D eigenvalue weighted by Gasteiger charge is -2.61. The number of aliphatic hydroxyl groups excluding tert-OH is 1. The number of hydrogen-bond donors (Lipinski definition) is 2. The Labute approximate surface area is 224 Å². The minimum absolute atomic E-state index is 0.0382. The summed E-state index contributed by atoms with van der Waals surface area (Å²) in [4.78, 5) is 38.9. The third-order valence-electron chi connectivity index (χ3n) is 10.2. The number of Topliss-reactive ketones (excluding diaryl/α,β-unsaturated/α-hetero) is 1. The molecule has 1 aromatic carbocycles. The summed E-state index contributed by atoms with van der Waals surface area (Å²) in [6.07, 6.45) is -0.264. The molecule has 3 aliphatic rings. The van der Waals surface area contributed by atoms with Gasteiger partial charge in [0.05, 0.1) is 16.4 Å². The second-order valence-electron chi connectivity index (χ2n) is 12.1. The van der Waals surface area contributed by atoms with Gasteiger partial charge in [0.2, 0.25) is 0 Å². The number of aliphatic carboxylic acids is 1. The molecule has 210 valence electrons. The van der Waals surface area contributed by atoms with Gasteiger partial charge in [0.1, 0.15) is 11.9 Å². The average molecular weight is 551 g/mol. The Balaban J connectivity index is 1.68. The molecule has 0 heterocycles. The Morgan fingerprint density at radius 2 is 1.74 bits per heavy atom. The van der Waals surface area contributed by atoms with Gasteiger partial charge in [-0.3, -0.25) is 13.8 Å². The monoisotopic (exact) mass is 550 g/mol. The van der Waals surface area contributed by atoms with Crippen molar-refractivity contribution in [3.8, 4) is 0 Å². The molecule has 8 atom stereocenters. The molecule has 0 spiro atoms. The van der Waals surface area contributed by atoms with Crippen LogP contribution in [0, 0.1) is 40.9 Å². The topological polar surface area (TPSA) is 144 Å². The van der Waals surface area contributed by atoms with Crippen molar-refractivity contribution < 1.29 is 41.9 Å². The van der Waals surface area contributed by atoms with Gasteiger partial charge < -0.3 is 14.9 Å². The maximum atomic E-state index is 13.4. The van der Waals surface area contributed by atoms with Crippen molar-refractivity contribution in [3.05, 3.63) is 29.8 Å². The number of aryl methyl sites for hydroxylation is 1. The van der Waals surface area contributed by atoms with Gasteiger partial charge in [0.15, 0.2) is 6.61 Å². The Bertz CT molecular complexity index is 1230. The van der Waals surface area contributed by atoms with Crippen LogP contribution in [0.3, 0.4) is 0 Å². The summed E-state index contributed by atoms with van der Waals surface area (Å²) in [6.45, 7) is 8.06. The number of carbonyl (C=O) groups is 3. The number of rotatable bonds is 6. The number of ketones is 1. The van der Waals surface area contributed by atoms with Crippen LogP contribution in [-0.4, -0.2) is 55.2 Å². The Morgan fingerprint density at radius 3 is 2.34 bits per heavy atom. The van der Waals surface area contributed by atoms with E-state index in [1.54, 1.807) is 12.1 Å². The summed E-state index contributed by atoms with van der Waals surface area (Å²) in [6, 6.07) is 5.97. The van der Waals surface area contributed by atoms with Crippen molar-refractivity contribution >= 4 is 27.8 Å². The lowest BCUT2D eigenvalue weighted by atomic mass is 9.44. The van der Waals surface area contributed by atoms with Crippen LogP contribution >= 0.6 is 0 Å². The Kier molecular flexibility index (Phi) is 7.34. The minimum atomic E-state index is -4.23. The average Bonchev–Trinajstić information content (AvgIpc) is 3.21. The number of carboxylic acid groups (broad SMARTS) is 1. The standard InChI is InChI=1S/C28H38O9S/c1-16-6-8-19(9-7-16)38(34,35)36-15-22(30)37-21-14-26(4,25(32)33)24(31)18(3)28-12-10-17(2)27(21,5)23(28)20(29)11-13-28/h6-9,17-18,21,23-24,31H,10-15H2,1-5H3,(H,32,33)/t17-,18+,21-,23+,24?,26+,27+,28+/m1/s1. The fourth-order valence-corrected chi connectivity index (χ4v) is 8.43. The molecule has 2 bridgehead atoms. The van der Waals surface area contributed by atoms with Gasteiger partial charge >= 0.3 is 11.9 Å². The molecule has 0 aliphatic heterocycles. The fraction of sp³-hybridized carbons (Fsp3) is 0.679. The first-order valence-electron chi connectivity index (χ1n) is 13.2. The molecule has 3 fully saturated rings. The SMILES string of the molecule is Cc1ccc(S(=O)(=O)OCC(=O)O[C@@H]2C[C@](C)(C(=O)O)C(O)[C@H](C)[C@]34CCC(=O)[C@H]3[C@@]2(C)[C@H](C)CC4)cc1. The highest BCUT2D eigenvalue weighted by molar-refractivity contribution is 7.86. The maximum absolute atomic E-state index is 13.4. The number of benzene rings is 1. The zero-order chi connectivity index (χ0) is 28.3. The van der Waals surface area contributed by atoms with Crippen molar-refractivity contribution in [1.29, 1.82) is 0 Å². The van der Waals surface area contributed by atoms with Crippen molar-refractivity contribution in [2.24, 2.45) is 34.0 Å². The highest BCUT2D eigenvalue weighted by Crippen LogP contribution is 2.67. The lowest BCUT2D eigenvalue weighted by Crippen LogP contribution is -2.64. The van der Waals surface area contributed by atoms with E-state index in [0.717, 1.165) is 12.0 Å². The van der Waals surface area contributed by atoms with Crippen LogP contribution in [0.4, 0.5) is 0 Å². The molecular weight excluding hydrogens is 512 g/mol.